The van der Waals surface area contributed by atoms with Gasteiger partial charge >= 0.3 is 0 Å². The molecule has 0 fully saturated rings. The summed E-state index contributed by atoms with van der Waals surface area (Å²) in [6.07, 6.45) is 0. The Kier molecular flexibility index (Phi) is 9.24. The average molecular weight is 792 g/mol. The third-order valence-electron chi connectivity index (χ3n) is 12.9. The third-order valence-corrected chi connectivity index (χ3v) is 12.9. The van der Waals surface area contributed by atoms with Gasteiger partial charge in [-0.1, -0.05) is 214 Å². The summed E-state index contributed by atoms with van der Waals surface area (Å²) in [6, 6.07) is 86.5. The first kappa shape index (κ1) is 37.3. The molecule has 0 bridgehead atoms. The molecule has 0 aromatic heterocycles. The van der Waals surface area contributed by atoms with E-state index in [2.05, 4.69) is 255 Å². The summed E-state index contributed by atoms with van der Waals surface area (Å²) in [5.74, 6) is 0. The van der Waals surface area contributed by atoms with E-state index in [1.165, 1.54) is 88.7 Å². The fourth-order valence-corrected chi connectivity index (χ4v) is 9.61. The van der Waals surface area contributed by atoms with Crippen LogP contribution in [0.5, 0.6) is 0 Å². The number of benzene rings is 10. The monoisotopic (exact) mass is 791 g/mol. The molecule has 62 heavy (non-hydrogen) atoms. The highest BCUT2D eigenvalue weighted by Crippen LogP contribution is 2.52. The topological polar surface area (TPSA) is 3.24 Å². The summed E-state index contributed by atoms with van der Waals surface area (Å²) in [4.78, 5) is 2.44. The van der Waals surface area contributed by atoms with Crippen LogP contribution in [-0.2, 0) is 5.41 Å². The molecule has 0 radical (unpaired) electrons. The van der Waals surface area contributed by atoms with E-state index < -0.39 is 0 Å². The Bertz CT molecular complexity index is 3210. The van der Waals surface area contributed by atoms with Crippen molar-refractivity contribution in [2.45, 2.75) is 19.3 Å². The Labute approximate surface area is 364 Å². The number of hydrogen-bond donors (Lipinski definition) is 0. The molecule has 1 aliphatic rings. The minimum atomic E-state index is -0.208. The second kappa shape index (κ2) is 15.4. The number of fused-ring (bicyclic) bond motifs is 4. The van der Waals surface area contributed by atoms with Gasteiger partial charge in [0.05, 0.1) is 5.69 Å². The molecule has 0 atom stereocenters. The van der Waals surface area contributed by atoms with E-state index in [1.807, 2.05) is 0 Å². The number of hydrogen-bond acceptors (Lipinski definition) is 1. The summed E-state index contributed by atoms with van der Waals surface area (Å²) in [7, 11) is 0. The predicted molar refractivity (Wildman–Crippen MR) is 263 cm³/mol. The van der Waals surface area contributed by atoms with Crippen molar-refractivity contribution < 1.29 is 0 Å². The highest BCUT2D eigenvalue weighted by Gasteiger charge is 2.36. The SMILES string of the molecule is CC1(C)c2cc(-c3ccc(-c4ccc(-c5ccccc5)cc4)cc3)ccc2-c2ccc(N(c3ccc(-c4cccc5ccccc45)cc3)c3ccccc3-c3ccccc3)cc21. The van der Waals surface area contributed by atoms with Crippen molar-refractivity contribution >= 4 is 27.8 Å². The lowest BCUT2D eigenvalue weighted by Gasteiger charge is -2.30. The van der Waals surface area contributed by atoms with Crippen LogP contribution in [-0.4, -0.2) is 0 Å². The van der Waals surface area contributed by atoms with E-state index in [0.717, 1.165) is 17.1 Å². The second-order valence-electron chi connectivity index (χ2n) is 16.9. The molecular weight excluding hydrogens is 747 g/mol. The first-order chi connectivity index (χ1) is 30.5. The zero-order valence-electron chi connectivity index (χ0n) is 35.0. The fraction of sp³-hybridized carbons (Fsp3) is 0.0492. The summed E-state index contributed by atoms with van der Waals surface area (Å²) in [5, 5.41) is 2.51. The van der Waals surface area contributed by atoms with E-state index in [0.29, 0.717) is 0 Å². The molecule has 10 aromatic carbocycles. The van der Waals surface area contributed by atoms with Crippen LogP contribution in [0.2, 0.25) is 0 Å². The summed E-state index contributed by atoms with van der Waals surface area (Å²) < 4.78 is 0. The smallest absolute Gasteiger partial charge is 0.0540 e. The lowest BCUT2D eigenvalue weighted by Crippen LogP contribution is -2.17. The molecule has 0 N–H and O–H groups in total. The molecule has 0 spiro atoms. The van der Waals surface area contributed by atoms with Gasteiger partial charge in [-0.25, -0.2) is 0 Å². The van der Waals surface area contributed by atoms with Crippen LogP contribution in [0, 0.1) is 0 Å². The molecule has 294 valence electrons. The van der Waals surface area contributed by atoms with Crippen molar-refractivity contribution in [1.82, 2.24) is 0 Å². The molecule has 1 aliphatic carbocycles. The van der Waals surface area contributed by atoms with Crippen molar-refractivity contribution in [3.8, 4) is 66.8 Å². The molecule has 0 saturated carbocycles. The van der Waals surface area contributed by atoms with Crippen molar-refractivity contribution in [2.75, 3.05) is 4.90 Å². The average Bonchev–Trinajstić information content (AvgIpc) is 3.57. The van der Waals surface area contributed by atoms with Gasteiger partial charge in [0.2, 0.25) is 0 Å². The Balaban J connectivity index is 0.947. The number of para-hydroxylation sites is 1. The van der Waals surface area contributed by atoms with Crippen LogP contribution >= 0.6 is 0 Å². The highest BCUT2D eigenvalue weighted by molar-refractivity contribution is 5.97. The van der Waals surface area contributed by atoms with Crippen LogP contribution in [0.15, 0.2) is 237 Å². The molecule has 0 unspecified atom stereocenters. The molecule has 0 aliphatic heterocycles. The van der Waals surface area contributed by atoms with Gasteiger partial charge in [-0.15, -0.1) is 0 Å². The number of rotatable bonds is 8. The maximum Gasteiger partial charge on any atom is 0.0540 e. The first-order valence-corrected chi connectivity index (χ1v) is 21.6. The maximum absolute atomic E-state index is 2.44. The molecular formula is C61H45N. The quantitative estimate of drug-likeness (QED) is 0.148. The molecule has 11 rings (SSSR count). The molecule has 0 heterocycles. The van der Waals surface area contributed by atoms with E-state index in [4.69, 9.17) is 0 Å². The normalized spacial score (nSPS) is 12.5. The summed E-state index contributed by atoms with van der Waals surface area (Å²) in [5.41, 5.74) is 20.7. The lowest BCUT2D eigenvalue weighted by atomic mass is 9.81. The Morgan fingerprint density at radius 1 is 0.290 bits per heavy atom. The third kappa shape index (κ3) is 6.60. The summed E-state index contributed by atoms with van der Waals surface area (Å²) in [6.45, 7) is 4.77. The van der Waals surface area contributed by atoms with Gasteiger partial charge in [0.25, 0.3) is 0 Å². The van der Waals surface area contributed by atoms with Crippen molar-refractivity contribution in [3.05, 3.63) is 248 Å². The Hall–Kier alpha value is -7.74. The highest BCUT2D eigenvalue weighted by atomic mass is 15.1. The molecule has 0 saturated heterocycles. The number of nitrogens with zero attached hydrogens (tertiary/aromatic N) is 1. The summed E-state index contributed by atoms with van der Waals surface area (Å²) >= 11 is 0. The molecule has 10 aromatic rings. The van der Waals surface area contributed by atoms with Gasteiger partial charge in [0, 0.05) is 22.4 Å². The van der Waals surface area contributed by atoms with E-state index in [1.54, 1.807) is 0 Å². The van der Waals surface area contributed by atoms with E-state index in [-0.39, 0.29) is 5.41 Å². The van der Waals surface area contributed by atoms with Gasteiger partial charge in [0.1, 0.15) is 0 Å². The standard InChI is InChI=1S/C61H45N/c1-61(2)58-40-50(46-30-28-45(29-31-46)44-26-24-43(25-27-44)42-14-5-3-6-15-42)34-38-56(58)57-39-37-52(41-59(57)61)62(60-23-12-11-21-55(60)48-16-7-4-8-17-48)51-35-32-49(33-36-51)54-22-13-19-47-18-9-10-20-53(47)54/h3-41H,1-2H3. The van der Waals surface area contributed by atoms with Gasteiger partial charge in [0.15, 0.2) is 0 Å². The van der Waals surface area contributed by atoms with Gasteiger partial charge in [-0.2, -0.15) is 0 Å². The Morgan fingerprint density at radius 3 is 1.40 bits per heavy atom. The second-order valence-corrected chi connectivity index (χ2v) is 16.9. The van der Waals surface area contributed by atoms with Gasteiger partial charge < -0.3 is 4.90 Å². The first-order valence-electron chi connectivity index (χ1n) is 21.6. The Morgan fingerprint density at radius 2 is 0.726 bits per heavy atom. The maximum atomic E-state index is 2.44. The minimum absolute atomic E-state index is 0.208. The van der Waals surface area contributed by atoms with Crippen LogP contribution in [0.4, 0.5) is 17.1 Å². The van der Waals surface area contributed by atoms with Gasteiger partial charge in [-0.05, 0) is 119 Å². The zero-order chi connectivity index (χ0) is 41.6. The minimum Gasteiger partial charge on any atom is -0.310 e. The van der Waals surface area contributed by atoms with Crippen molar-refractivity contribution in [1.29, 1.82) is 0 Å². The van der Waals surface area contributed by atoms with Crippen LogP contribution in [0.1, 0.15) is 25.0 Å². The number of anilines is 3. The lowest BCUT2D eigenvalue weighted by molar-refractivity contribution is 0.660. The largest absolute Gasteiger partial charge is 0.310 e. The predicted octanol–water partition coefficient (Wildman–Crippen LogP) is 17.0. The van der Waals surface area contributed by atoms with Crippen molar-refractivity contribution in [3.63, 3.8) is 0 Å². The van der Waals surface area contributed by atoms with Crippen molar-refractivity contribution in [2.24, 2.45) is 0 Å². The molecule has 1 nitrogen and oxygen atoms in total. The van der Waals surface area contributed by atoms with Crippen LogP contribution in [0.3, 0.4) is 0 Å². The van der Waals surface area contributed by atoms with E-state index >= 15 is 0 Å². The fourth-order valence-electron chi connectivity index (χ4n) is 9.61. The van der Waals surface area contributed by atoms with Crippen LogP contribution < -0.4 is 4.90 Å². The molecule has 1 heteroatoms. The molecule has 0 amide bonds. The van der Waals surface area contributed by atoms with Gasteiger partial charge in [-0.3, -0.25) is 0 Å². The van der Waals surface area contributed by atoms with Crippen LogP contribution in [0.25, 0.3) is 77.5 Å². The van der Waals surface area contributed by atoms with E-state index in [9.17, 15) is 0 Å². The zero-order valence-corrected chi connectivity index (χ0v) is 35.0.